The molecule has 1 unspecified atom stereocenters. The van der Waals surface area contributed by atoms with Crippen molar-refractivity contribution in [1.82, 2.24) is 4.98 Å². The summed E-state index contributed by atoms with van der Waals surface area (Å²) in [5.74, 6) is -0.234. The zero-order valence-electron chi connectivity index (χ0n) is 20.1. The molecule has 4 aromatic rings. The first-order valence-corrected chi connectivity index (χ1v) is 14.0. The lowest BCUT2D eigenvalue weighted by Crippen LogP contribution is -2.37. The number of carbonyl (C=O) groups excluding carboxylic acids is 1. The molecule has 0 bridgehead atoms. The van der Waals surface area contributed by atoms with Gasteiger partial charge in [-0.25, -0.2) is 13.4 Å². The molecule has 5 rings (SSSR count). The van der Waals surface area contributed by atoms with Crippen LogP contribution in [0.4, 0.5) is 10.8 Å². The molecule has 1 aliphatic heterocycles. The van der Waals surface area contributed by atoms with Crippen molar-refractivity contribution in [3.8, 4) is 0 Å². The molecule has 1 aromatic heterocycles. The number of fused-ring (bicyclic) bond motifs is 1. The quantitative estimate of drug-likeness (QED) is 0.332. The maximum absolute atomic E-state index is 13.7. The van der Waals surface area contributed by atoms with Crippen molar-refractivity contribution in [3.05, 3.63) is 83.9 Å². The summed E-state index contributed by atoms with van der Waals surface area (Å²) in [4.78, 5) is 20.3. The number of hydrogen-bond acceptors (Lipinski definition) is 6. The molecule has 0 spiro atoms. The summed E-state index contributed by atoms with van der Waals surface area (Å²) in [5, 5.41) is 0.611. The average Bonchev–Trinajstić information content (AvgIpc) is 3.57. The monoisotopic (exact) mass is 521 g/mol. The van der Waals surface area contributed by atoms with Crippen LogP contribution >= 0.6 is 11.3 Å². The van der Waals surface area contributed by atoms with Crippen LogP contribution in [0.5, 0.6) is 0 Å². The molecular formula is C27H27N3O4S2. The Balaban J connectivity index is 1.45. The topological polar surface area (TPSA) is 79.8 Å². The molecule has 1 aliphatic rings. The molecule has 0 aliphatic carbocycles. The van der Waals surface area contributed by atoms with Crippen LogP contribution in [0.3, 0.4) is 0 Å². The average molecular weight is 522 g/mol. The van der Waals surface area contributed by atoms with E-state index >= 15 is 0 Å². The smallest absolute Gasteiger partial charge is 0.264 e. The Morgan fingerprint density at radius 3 is 2.47 bits per heavy atom. The van der Waals surface area contributed by atoms with Gasteiger partial charge in [-0.05, 0) is 67.8 Å². The molecule has 0 saturated carbocycles. The van der Waals surface area contributed by atoms with Crippen molar-refractivity contribution in [3.63, 3.8) is 0 Å². The van der Waals surface area contributed by atoms with E-state index in [-0.39, 0.29) is 16.9 Å². The zero-order chi connectivity index (χ0) is 25.3. The Kier molecular flexibility index (Phi) is 6.79. The first-order chi connectivity index (χ1) is 17.3. The Morgan fingerprint density at radius 1 is 1.06 bits per heavy atom. The van der Waals surface area contributed by atoms with Crippen molar-refractivity contribution in [2.45, 2.75) is 30.8 Å². The molecule has 7 nitrogen and oxygen atoms in total. The minimum absolute atomic E-state index is 0.0544. The second kappa shape index (κ2) is 10.0. The molecular weight excluding hydrogens is 494 g/mol. The van der Waals surface area contributed by atoms with Crippen LogP contribution in [-0.4, -0.2) is 45.6 Å². The van der Waals surface area contributed by atoms with Gasteiger partial charge in [-0.2, -0.15) is 0 Å². The maximum Gasteiger partial charge on any atom is 0.264 e. The predicted molar refractivity (Wildman–Crippen MR) is 143 cm³/mol. The van der Waals surface area contributed by atoms with Gasteiger partial charge >= 0.3 is 0 Å². The summed E-state index contributed by atoms with van der Waals surface area (Å²) >= 11 is 1.47. The van der Waals surface area contributed by atoms with Crippen molar-refractivity contribution >= 4 is 48.3 Å². The second-order valence-corrected chi connectivity index (χ2v) is 11.8. The summed E-state index contributed by atoms with van der Waals surface area (Å²) in [5.41, 5.74) is 2.89. The number of amides is 1. The van der Waals surface area contributed by atoms with E-state index in [4.69, 9.17) is 9.72 Å². The van der Waals surface area contributed by atoms with E-state index in [1.165, 1.54) is 34.8 Å². The Bertz CT molecular complexity index is 1480. The number of aromatic nitrogens is 1. The van der Waals surface area contributed by atoms with Crippen molar-refractivity contribution in [1.29, 1.82) is 0 Å². The third-order valence-electron chi connectivity index (χ3n) is 6.38. The SMILES string of the molecule is Cc1cccc2sc(N(CC3CCCO3)C(=O)c3ccc(S(=O)(=O)N(C)c4ccccc4)cc3)nc12. The number of para-hydroxylation sites is 2. The number of anilines is 2. The van der Waals surface area contributed by atoms with Gasteiger partial charge in [0.2, 0.25) is 0 Å². The number of carbonyl (C=O) groups is 1. The van der Waals surface area contributed by atoms with E-state index in [2.05, 4.69) is 0 Å². The standard InChI is InChI=1S/C27H27N3O4S2/c1-19-8-6-12-24-25(19)28-27(35-24)30(18-22-11-7-17-34-22)26(31)20-13-15-23(16-14-20)36(32,33)29(2)21-9-4-3-5-10-21/h3-6,8-10,12-16,22H,7,11,17-18H2,1-2H3. The normalized spacial score (nSPS) is 15.8. The van der Waals surface area contributed by atoms with E-state index in [1.807, 2.05) is 31.2 Å². The van der Waals surface area contributed by atoms with Crippen LogP contribution in [0.2, 0.25) is 0 Å². The number of hydrogen-bond donors (Lipinski definition) is 0. The number of thiazole rings is 1. The van der Waals surface area contributed by atoms with Crippen LogP contribution in [0, 0.1) is 6.92 Å². The lowest BCUT2D eigenvalue weighted by Gasteiger charge is -2.23. The molecule has 186 valence electrons. The van der Waals surface area contributed by atoms with Gasteiger partial charge in [0, 0.05) is 19.2 Å². The maximum atomic E-state index is 13.7. The van der Waals surface area contributed by atoms with Crippen LogP contribution in [0.15, 0.2) is 77.7 Å². The van der Waals surface area contributed by atoms with Gasteiger partial charge < -0.3 is 4.74 Å². The van der Waals surface area contributed by atoms with Crippen LogP contribution in [-0.2, 0) is 14.8 Å². The van der Waals surface area contributed by atoms with E-state index in [0.717, 1.165) is 28.6 Å². The molecule has 2 heterocycles. The highest BCUT2D eigenvalue weighted by Gasteiger charge is 2.28. The number of sulfonamides is 1. The third kappa shape index (κ3) is 4.74. The van der Waals surface area contributed by atoms with Gasteiger partial charge in [-0.15, -0.1) is 0 Å². The Labute approximate surface area is 215 Å². The molecule has 1 atom stereocenters. The molecule has 1 fully saturated rings. The van der Waals surface area contributed by atoms with Gasteiger partial charge in [-0.3, -0.25) is 14.0 Å². The fraction of sp³-hybridized carbons (Fsp3) is 0.259. The first-order valence-electron chi connectivity index (χ1n) is 11.8. The highest BCUT2D eigenvalue weighted by Crippen LogP contribution is 2.32. The summed E-state index contributed by atoms with van der Waals surface area (Å²) in [6.07, 6.45) is 1.80. The van der Waals surface area contributed by atoms with Crippen molar-refractivity contribution in [2.24, 2.45) is 0 Å². The van der Waals surface area contributed by atoms with Crippen LogP contribution in [0.1, 0.15) is 28.8 Å². The van der Waals surface area contributed by atoms with E-state index in [0.29, 0.717) is 29.5 Å². The summed E-state index contributed by atoms with van der Waals surface area (Å²) < 4.78 is 34.3. The molecule has 0 N–H and O–H groups in total. The first kappa shape index (κ1) is 24.4. The Hall–Kier alpha value is -3.27. The molecule has 0 radical (unpaired) electrons. The number of benzene rings is 3. The molecule has 1 amide bonds. The van der Waals surface area contributed by atoms with Gasteiger partial charge in [0.25, 0.3) is 15.9 Å². The number of aryl methyl sites for hydroxylation is 1. The number of rotatable bonds is 7. The fourth-order valence-electron chi connectivity index (χ4n) is 4.29. The fourth-order valence-corrected chi connectivity index (χ4v) is 6.54. The molecule has 9 heteroatoms. The van der Waals surface area contributed by atoms with E-state index < -0.39 is 10.0 Å². The predicted octanol–water partition coefficient (Wildman–Crippen LogP) is 5.26. The van der Waals surface area contributed by atoms with Gasteiger partial charge in [0.1, 0.15) is 0 Å². The van der Waals surface area contributed by atoms with Crippen molar-refractivity contribution in [2.75, 3.05) is 29.4 Å². The highest BCUT2D eigenvalue weighted by molar-refractivity contribution is 7.92. The van der Waals surface area contributed by atoms with Crippen LogP contribution < -0.4 is 9.21 Å². The molecule has 3 aromatic carbocycles. The van der Waals surface area contributed by atoms with E-state index in [9.17, 15) is 13.2 Å². The van der Waals surface area contributed by atoms with Gasteiger partial charge in [0.05, 0.1) is 33.4 Å². The Morgan fingerprint density at radius 2 is 1.81 bits per heavy atom. The van der Waals surface area contributed by atoms with Gasteiger partial charge in [-0.1, -0.05) is 41.7 Å². The highest BCUT2D eigenvalue weighted by atomic mass is 32.2. The third-order valence-corrected chi connectivity index (χ3v) is 9.22. The lowest BCUT2D eigenvalue weighted by atomic mass is 10.2. The minimum Gasteiger partial charge on any atom is -0.376 e. The van der Waals surface area contributed by atoms with Crippen LogP contribution in [0.25, 0.3) is 10.2 Å². The second-order valence-electron chi connectivity index (χ2n) is 8.80. The minimum atomic E-state index is -3.77. The van der Waals surface area contributed by atoms with Crippen molar-refractivity contribution < 1.29 is 17.9 Å². The van der Waals surface area contributed by atoms with Gasteiger partial charge in [0.15, 0.2) is 5.13 Å². The summed E-state index contributed by atoms with van der Waals surface area (Å²) in [6, 6.07) is 21.0. The summed E-state index contributed by atoms with van der Waals surface area (Å²) in [6.45, 7) is 3.09. The lowest BCUT2D eigenvalue weighted by molar-refractivity contribution is 0.0917. The molecule has 1 saturated heterocycles. The largest absolute Gasteiger partial charge is 0.376 e. The zero-order valence-corrected chi connectivity index (χ0v) is 21.8. The summed E-state index contributed by atoms with van der Waals surface area (Å²) in [7, 11) is -2.25. The number of ether oxygens (including phenoxy) is 1. The number of nitrogens with zero attached hydrogens (tertiary/aromatic N) is 3. The molecule has 36 heavy (non-hydrogen) atoms. The van der Waals surface area contributed by atoms with E-state index in [1.54, 1.807) is 41.3 Å².